The molecule has 0 saturated carbocycles. The topological polar surface area (TPSA) is 174 Å². The summed E-state index contributed by atoms with van der Waals surface area (Å²) in [7, 11) is 14.5. The number of carbonyl (C=O) groups is 5. The van der Waals surface area contributed by atoms with E-state index in [1.54, 1.807) is 72.6 Å². The monoisotopic (exact) mass is 1070 g/mol. The number of nitrogens with zero attached hydrogens (tertiary/aromatic N) is 4. The van der Waals surface area contributed by atoms with E-state index in [-0.39, 0.29) is 36.1 Å². The first-order valence-corrected chi connectivity index (χ1v) is 28.6. The standard InChI is InChI=1S/C58H90N10O5S2/c1-38(27-31-65(15)53(72)48(55(3,4)5)64-52(71)47(60-14)58(11,12)45-35-40-23-19-21-25-43(40)68(45)18)36-61-29-33-74-75-34-30-62-50(69)39(2)28-32-66(16)54(73)49(56(6,7)8)63-51(70)46(59-13)57(9,10)42-37-67(17)44-26-22-20-24-41(42)44/h19-28,35,37,46-49,59-61H,29-34,36H2,1-18H3,(H,62,69)(H,63,70)(H,64,71)/b38-27+,39-28+/t46-,47-,48-,49?/m1/s1. The van der Waals surface area contributed by atoms with Gasteiger partial charge in [-0.25, -0.2) is 0 Å². The summed E-state index contributed by atoms with van der Waals surface area (Å²) in [6.07, 6.45) is 5.86. The summed E-state index contributed by atoms with van der Waals surface area (Å²) in [5.74, 6) is 0.532. The normalized spacial score (nSPS) is 14.6. The molecule has 17 heteroatoms. The van der Waals surface area contributed by atoms with E-state index in [4.69, 9.17) is 0 Å². The summed E-state index contributed by atoms with van der Waals surface area (Å²) in [5, 5.41) is 21.4. The van der Waals surface area contributed by atoms with Crippen LogP contribution in [-0.2, 0) is 48.9 Å². The highest BCUT2D eigenvalue weighted by Gasteiger charge is 2.43. The Bertz CT molecular complexity index is 2670. The third kappa shape index (κ3) is 16.0. The fourth-order valence-corrected chi connectivity index (χ4v) is 11.5. The second kappa shape index (κ2) is 26.8. The summed E-state index contributed by atoms with van der Waals surface area (Å²) in [5.41, 5.74) is 3.53. The van der Waals surface area contributed by atoms with Crippen LogP contribution in [0.2, 0.25) is 0 Å². The van der Waals surface area contributed by atoms with Crippen molar-refractivity contribution in [1.82, 2.24) is 50.8 Å². The van der Waals surface area contributed by atoms with E-state index in [9.17, 15) is 24.0 Å². The molecule has 15 nitrogen and oxygen atoms in total. The largest absolute Gasteiger partial charge is 0.351 e. The number of para-hydroxylation sites is 2. The lowest BCUT2D eigenvalue weighted by atomic mass is 9.76. The zero-order chi connectivity index (χ0) is 56.2. The van der Waals surface area contributed by atoms with Crippen LogP contribution >= 0.6 is 21.6 Å². The first kappa shape index (κ1) is 62.5. The minimum atomic E-state index is -0.806. The Morgan fingerprint density at radius 2 is 1.15 bits per heavy atom. The molecule has 4 atom stereocenters. The molecule has 0 bridgehead atoms. The third-order valence-electron chi connectivity index (χ3n) is 14.4. The molecule has 2 heterocycles. The number of fused-ring (bicyclic) bond motifs is 2. The molecule has 4 rings (SSSR count). The number of aromatic nitrogens is 2. The zero-order valence-corrected chi connectivity index (χ0v) is 50.0. The Kier molecular flexibility index (Phi) is 22.3. The van der Waals surface area contributed by atoms with Gasteiger partial charge in [-0.15, -0.1) is 0 Å². The van der Waals surface area contributed by atoms with Crippen molar-refractivity contribution in [3.63, 3.8) is 0 Å². The van der Waals surface area contributed by atoms with Gasteiger partial charge in [-0.2, -0.15) is 0 Å². The maximum absolute atomic E-state index is 14.1. The summed E-state index contributed by atoms with van der Waals surface area (Å²) in [6.45, 7) is 26.3. The van der Waals surface area contributed by atoms with E-state index < -0.39 is 45.8 Å². The summed E-state index contributed by atoms with van der Waals surface area (Å²) in [6, 6.07) is 15.7. The molecule has 0 aliphatic rings. The van der Waals surface area contributed by atoms with Gasteiger partial charge in [-0.05, 0) is 67.9 Å². The predicted octanol–water partition coefficient (Wildman–Crippen LogP) is 7.06. The van der Waals surface area contributed by atoms with Crippen LogP contribution in [0.4, 0.5) is 0 Å². The van der Waals surface area contributed by atoms with Gasteiger partial charge in [0.1, 0.15) is 12.1 Å². The van der Waals surface area contributed by atoms with Crippen molar-refractivity contribution in [1.29, 1.82) is 0 Å². The van der Waals surface area contributed by atoms with Gasteiger partial charge in [0.05, 0.1) is 12.1 Å². The average molecular weight is 1070 g/mol. The SMILES string of the molecule is CN[C@H](C(=O)NC(C(=O)N(C)C/C=C(\C)C(=O)NCCSSCCNC/C(C)=C/CN(C)C(=O)[C@@H](NC(=O)[C@@H](NC)C(C)(C)c1cc2ccccc2n1C)C(C)(C)C)C(C)(C)C)C(C)(C)c1cn(C)c2ccccc12. The molecule has 4 aromatic rings. The fourth-order valence-electron chi connectivity index (χ4n) is 9.67. The van der Waals surface area contributed by atoms with Gasteiger partial charge < -0.3 is 50.8 Å². The van der Waals surface area contributed by atoms with Crippen LogP contribution in [0.3, 0.4) is 0 Å². The van der Waals surface area contributed by atoms with Gasteiger partial charge in [0.15, 0.2) is 0 Å². The first-order valence-electron chi connectivity index (χ1n) is 26.1. The molecular weight excluding hydrogens is 981 g/mol. The lowest BCUT2D eigenvalue weighted by Crippen LogP contribution is -2.61. The van der Waals surface area contributed by atoms with E-state index in [1.807, 2.05) is 107 Å². The molecule has 0 radical (unpaired) electrons. The predicted molar refractivity (Wildman–Crippen MR) is 314 cm³/mol. The van der Waals surface area contributed by atoms with Crippen molar-refractivity contribution in [2.24, 2.45) is 24.9 Å². The van der Waals surface area contributed by atoms with Crippen molar-refractivity contribution in [2.75, 3.05) is 72.4 Å². The van der Waals surface area contributed by atoms with Crippen LogP contribution in [0, 0.1) is 10.8 Å². The van der Waals surface area contributed by atoms with E-state index >= 15 is 0 Å². The lowest BCUT2D eigenvalue weighted by molar-refractivity contribution is -0.139. The van der Waals surface area contributed by atoms with Crippen LogP contribution in [0.1, 0.15) is 94.3 Å². The molecule has 0 aliphatic carbocycles. The van der Waals surface area contributed by atoms with Gasteiger partial charge in [-0.3, -0.25) is 24.0 Å². The maximum atomic E-state index is 14.1. The number of aryl methyl sites for hydroxylation is 2. The summed E-state index contributed by atoms with van der Waals surface area (Å²) < 4.78 is 4.21. The molecule has 0 saturated heterocycles. The number of likely N-dealkylation sites (N-methyl/N-ethyl adjacent to an activating group) is 4. The van der Waals surface area contributed by atoms with Gasteiger partial charge in [0, 0.05) is 117 Å². The fraction of sp³-hybridized carbons (Fsp3) is 0.569. The maximum Gasteiger partial charge on any atom is 0.246 e. The van der Waals surface area contributed by atoms with E-state index in [1.165, 1.54) is 0 Å². The Balaban J connectivity index is 1.17. The molecule has 6 N–H and O–H groups in total. The number of hydrogen-bond acceptors (Lipinski definition) is 10. The van der Waals surface area contributed by atoms with Gasteiger partial charge >= 0.3 is 0 Å². The Hall–Kier alpha value is -5.07. The van der Waals surface area contributed by atoms with Crippen LogP contribution < -0.4 is 31.9 Å². The Morgan fingerprint density at radius 3 is 1.68 bits per heavy atom. The molecule has 1 unspecified atom stereocenters. The van der Waals surface area contributed by atoms with Crippen molar-refractivity contribution in [3.05, 3.63) is 95.3 Å². The highest BCUT2D eigenvalue weighted by Crippen LogP contribution is 2.36. The van der Waals surface area contributed by atoms with Crippen molar-refractivity contribution in [3.8, 4) is 0 Å². The lowest BCUT2D eigenvalue weighted by Gasteiger charge is -2.38. The van der Waals surface area contributed by atoms with E-state index in [2.05, 4.69) is 91.4 Å². The third-order valence-corrected chi connectivity index (χ3v) is 16.8. The van der Waals surface area contributed by atoms with Crippen molar-refractivity contribution >= 4 is 72.9 Å². The van der Waals surface area contributed by atoms with Crippen LogP contribution in [0.5, 0.6) is 0 Å². The minimum absolute atomic E-state index is 0.148. The smallest absolute Gasteiger partial charge is 0.246 e. The highest BCUT2D eigenvalue weighted by atomic mass is 33.1. The zero-order valence-electron chi connectivity index (χ0n) is 48.3. The summed E-state index contributed by atoms with van der Waals surface area (Å²) >= 11 is 0. The first-order chi connectivity index (χ1) is 35.0. The minimum Gasteiger partial charge on any atom is -0.351 e. The van der Waals surface area contributed by atoms with E-state index in [0.717, 1.165) is 56.7 Å². The second-order valence-electron chi connectivity index (χ2n) is 23.3. The van der Waals surface area contributed by atoms with Gasteiger partial charge in [-0.1, -0.05) is 145 Å². The molecule has 2 aromatic heterocycles. The number of amides is 5. The Morgan fingerprint density at radius 1 is 0.653 bits per heavy atom. The molecular formula is C58H90N10O5S2. The average Bonchev–Trinajstić information content (AvgIpc) is 3.88. The molecule has 75 heavy (non-hydrogen) atoms. The quantitative estimate of drug-likeness (QED) is 0.0166. The molecule has 2 aromatic carbocycles. The van der Waals surface area contributed by atoms with Crippen LogP contribution in [0.25, 0.3) is 21.8 Å². The van der Waals surface area contributed by atoms with Crippen LogP contribution in [-0.4, -0.2) is 145 Å². The highest BCUT2D eigenvalue weighted by molar-refractivity contribution is 8.76. The summed E-state index contributed by atoms with van der Waals surface area (Å²) in [4.78, 5) is 72.2. The number of nitrogens with one attached hydrogen (secondary N) is 6. The van der Waals surface area contributed by atoms with Gasteiger partial charge in [0.2, 0.25) is 29.5 Å². The van der Waals surface area contributed by atoms with Crippen LogP contribution in [0.15, 0.2) is 84.1 Å². The molecule has 414 valence electrons. The molecule has 0 spiro atoms. The molecule has 0 fully saturated rings. The molecule has 5 amide bonds. The van der Waals surface area contributed by atoms with Crippen molar-refractivity contribution < 1.29 is 24.0 Å². The van der Waals surface area contributed by atoms with Crippen molar-refractivity contribution in [2.45, 2.75) is 118 Å². The van der Waals surface area contributed by atoms with Gasteiger partial charge in [0.25, 0.3) is 0 Å². The number of hydrogen-bond donors (Lipinski definition) is 6. The number of rotatable bonds is 26. The molecule has 0 aliphatic heterocycles. The second-order valence-corrected chi connectivity index (χ2v) is 26.0. The Labute approximate surface area is 456 Å². The van der Waals surface area contributed by atoms with E-state index in [0.29, 0.717) is 25.2 Å². The number of benzene rings is 2. The number of carbonyl (C=O) groups excluding carboxylic acids is 5.